The Morgan fingerprint density at radius 2 is 2.14 bits per heavy atom. The number of methoxy groups -OCH3 is 1. The third-order valence-corrected chi connectivity index (χ3v) is 2.86. The molecule has 0 fully saturated rings. The van der Waals surface area contributed by atoms with E-state index in [1.165, 1.54) is 7.11 Å². The van der Waals surface area contributed by atoms with Crippen LogP contribution >= 0.6 is 39.1 Å². The summed E-state index contributed by atoms with van der Waals surface area (Å²) in [5.74, 6) is 0.461. The van der Waals surface area contributed by atoms with E-state index in [9.17, 15) is 5.11 Å². The maximum Gasteiger partial charge on any atom is 0.143 e. The lowest BCUT2D eigenvalue weighted by Gasteiger charge is -2.14. The molecular formula is C9H9BrCl2O2. The summed E-state index contributed by atoms with van der Waals surface area (Å²) in [6, 6.07) is 3.21. The van der Waals surface area contributed by atoms with E-state index >= 15 is 0 Å². The molecule has 1 N–H and O–H groups in total. The molecule has 0 aliphatic heterocycles. The molecular weight excluding hydrogens is 291 g/mol. The van der Waals surface area contributed by atoms with E-state index in [4.69, 9.17) is 27.9 Å². The number of rotatable bonds is 3. The normalized spacial score (nSPS) is 12.6. The number of hydrogen-bond acceptors (Lipinski definition) is 2. The summed E-state index contributed by atoms with van der Waals surface area (Å²) in [7, 11) is 1.50. The molecule has 0 radical (unpaired) electrons. The predicted molar refractivity (Wildman–Crippen MR) is 61.8 cm³/mol. The Bertz CT molecular complexity index is 331. The molecule has 78 valence electrons. The number of ether oxygens (including phenoxy) is 1. The molecule has 1 rings (SSSR count). The minimum Gasteiger partial charge on any atom is -0.495 e. The van der Waals surface area contributed by atoms with Crippen molar-refractivity contribution in [2.45, 2.75) is 6.10 Å². The van der Waals surface area contributed by atoms with Gasteiger partial charge in [-0.25, -0.2) is 0 Å². The fourth-order valence-electron chi connectivity index (χ4n) is 1.13. The average molecular weight is 300 g/mol. The van der Waals surface area contributed by atoms with E-state index in [0.29, 0.717) is 26.7 Å². The Hall–Kier alpha value is 0.0400. The Balaban J connectivity index is 3.24. The second-order valence-corrected chi connectivity index (χ2v) is 4.17. The van der Waals surface area contributed by atoms with Crippen molar-refractivity contribution in [2.75, 3.05) is 12.4 Å². The van der Waals surface area contributed by atoms with Gasteiger partial charge in [0.2, 0.25) is 0 Å². The predicted octanol–water partition coefficient (Wildman–Crippen LogP) is 3.43. The van der Waals surface area contributed by atoms with Crippen molar-refractivity contribution < 1.29 is 9.84 Å². The van der Waals surface area contributed by atoms with E-state index in [1.807, 2.05) is 0 Å². The molecule has 0 saturated carbocycles. The van der Waals surface area contributed by atoms with Crippen molar-refractivity contribution in [2.24, 2.45) is 0 Å². The SMILES string of the molecule is COc1c(Cl)cc(Cl)cc1C(O)CBr. The topological polar surface area (TPSA) is 29.5 Å². The number of aliphatic hydroxyl groups is 1. The molecule has 1 aromatic rings. The highest BCUT2D eigenvalue weighted by atomic mass is 79.9. The Kier molecular flexibility index (Phi) is 4.51. The van der Waals surface area contributed by atoms with Gasteiger partial charge in [-0.15, -0.1) is 0 Å². The zero-order valence-electron chi connectivity index (χ0n) is 7.43. The molecule has 0 amide bonds. The monoisotopic (exact) mass is 298 g/mol. The largest absolute Gasteiger partial charge is 0.495 e. The lowest BCUT2D eigenvalue weighted by atomic mass is 10.1. The van der Waals surface area contributed by atoms with Crippen LogP contribution in [-0.2, 0) is 0 Å². The molecule has 0 bridgehead atoms. The van der Waals surface area contributed by atoms with Crippen molar-refractivity contribution in [3.63, 3.8) is 0 Å². The maximum atomic E-state index is 9.65. The zero-order chi connectivity index (χ0) is 10.7. The standard InChI is InChI=1S/C9H9BrCl2O2/c1-14-9-6(8(13)4-10)2-5(11)3-7(9)12/h2-3,8,13H,4H2,1H3. The molecule has 2 nitrogen and oxygen atoms in total. The molecule has 0 saturated heterocycles. The highest BCUT2D eigenvalue weighted by molar-refractivity contribution is 9.09. The van der Waals surface area contributed by atoms with E-state index < -0.39 is 6.10 Å². The third kappa shape index (κ3) is 2.54. The highest BCUT2D eigenvalue weighted by Gasteiger charge is 2.15. The van der Waals surface area contributed by atoms with Gasteiger partial charge in [-0.05, 0) is 12.1 Å². The molecule has 1 unspecified atom stereocenters. The van der Waals surface area contributed by atoms with Gasteiger partial charge in [0.15, 0.2) is 0 Å². The van der Waals surface area contributed by atoms with Crippen molar-refractivity contribution in [1.29, 1.82) is 0 Å². The third-order valence-electron chi connectivity index (χ3n) is 1.75. The van der Waals surface area contributed by atoms with Crippen LogP contribution in [0.2, 0.25) is 10.0 Å². The van der Waals surface area contributed by atoms with Gasteiger partial charge in [-0.3, -0.25) is 0 Å². The Morgan fingerprint density at radius 3 is 2.64 bits per heavy atom. The molecule has 0 aliphatic rings. The van der Waals surface area contributed by atoms with Crippen LogP contribution in [0.25, 0.3) is 0 Å². The number of hydrogen-bond donors (Lipinski definition) is 1. The highest BCUT2D eigenvalue weighted by Crippen LogP contribution is 2.36. The Morgan fingerprint density at radius 1 is 1.50 bits per heavy atom. The molecule has 5 heteroatoms. The van der Waals surface area contributed by atoms with Gasteiger partial charge < -0.3 is 9.84 Å². The summed E-state index contributed by atoms with van der Waals surface area (Å²) < 4.78 is 5.08. The van der Waals surface area contributed by atoms with Crippen molar-refractivity contribution in [3.8, 4) is 5.75 Å². The van der Waals surface area contributed by atoms with Gasteiger partial charge in [0.05, 0.1) is 18.2 Å². The summed E-state index contributed by atoms with van der Waals surface area (Å²) in [6.45, 7) is 0. The van der Waals surface area contributed by atoms with Gasteiger partial charge in [0, 0.05) is 15.9 Å². The van der Waals surface area contributed by atoms with E-state index in [0.717, 1.165) is 0 Å². The second kappa shape index (κ2) is 5.21. The van der Waals surface area contributed by atoms with Crippen LogP contribution in [0.4, 0.5) is 0 Å². The van der Waals surface area contributed by atoms with Crippen LogP contribution in [-0.4, -0.2) is 17.5 Å². The number of alkyl halides is 1. The molecule has 0 spiro atoms. The summed E-state index contributed by atoms with van der Waals surface area (Å²) in [5, 5.41) is 10.9. The van der Waals surface area contributed by atoms with E-state index in [1.54, 1.807) is 12.1 Å². The summed E-state index contributed by atoms with van der Waals surface area (Å²) in [4.78, 5) is 0. The maximum absolute atomic E-state index is 9.65. The van der Waals surface area contributed by atoms with E-state index in [2.05, 4.69) is 15.9 Å². The van der Waals surface area contributed by atoms with Crippen LogP contribution in [0.5, 0.6) is 5.75 Å². The Labute approximate surface area is 101 Å². The molecule has 0 aliphatic carbocycles. The van der Waals surface area contributed by atoms with Crippen LogP contribution in [0.1, 0.15) is 11.7 Å². The van der Waals surface area contributed by atoms with E-state index in [-0.39, 0.29) is 0 Å². The van der Waals surface area contributed by atoms with Gasteiger partial charge in [0.25, 0.3) is 0 Å². The van der Waals surface area contributed by atoms with Gasteiger partial charge in [-0.1, -0.05) is 39.1 Å². The van der Waals surface area contributed by atoms with Crippen molar-refractivity contribution in [1.82, 2.24) is 0 Å². The number of benzene rings is 1. The molecule has 1 atom stereocenters. The fourth-order valence-corrected chi connectivity index (χ4v) is 2.06. The van der Waals surface area contributed by atoms with Gasteiger partial charge in [0.1, 0.15) is 5.75 Å². The minimum atomic E-state index is -0.679. The van der Waals surface area contributed by atoms with Crippen LogP contribution in [0.3, 0.4) is 0 Å². The van der Waals surface area contributed by atoms with Crippen LogP contribution in [0.15, 0.2) is 12.1 Å². The molecule has 14 heavy (non-hydrogen) atoms. The summed E-state index contributed by atoms with van der Waals surface area (Å²) in [6.07, 6.45) is -0.679. The lowest BCUT2D eigenvalue weighted by Crippen LogP contribution is -2.02. The average Bonchev–Trinajstić information content (AvgIpc) is 2.15. The molecule has 0 aromatic heterocycles. The first-order chi connectivity index (χ1) is 6.60. The van der Waals surface area contributed by atoms with Crippen LogP contribution in [0, 0.1) is 0 Å². The van der Waals surface area contributed by atoms with Crippen LogP contribution < -0.4 is 4.74 Å². The smallest absolute Gasteiger partial charge is 0.143 e. The first kappa shape index (κ1) is 12.1. The fraction of sp³-hybridized carbons (Fsp3) is 0.333. The van der Waals surface area contributed by atoms with Crippen molar-refractivity contribution in [3.05, 3.63) is 27.7 Å². The van der Waals surface area contributed by atoms with Gasteiger partial charge in [-0.2, -0.15) is 0 Å². The summed E-state index contributed by atoms with van der Waals surface area (Å²) >= 11 is 14.9. The van der Waals surface area contributed by atoms with Crippen molar-refractivity contribution >= 4 is 39.1 Å². The molecule has 1 aromatic carbocycles. The minimum absolute atomic E-state index is 0.398. The quantitative estimate of drug-likeness (QED) is 0.867. The number of aliphatic hydroxyl groups excluding tert-OH is 1. The lowest BCUT2D eigenvalue weighted by molar-refractivity contribution is 0.200. The zero-order valence-corrected chi connectivity index (χ0v) is 10.5. The first-order valence-corrected chi connectivity index (χ1v) is 5.74. The summed E-state index contributed by atoms with van der Waals surface area (Å²) in [5.41, 5.74) is 0.585. The molecule has 0 heterocycles. The van der Waals surface area contributed by atoms with Gasteiger partial charge >= 0.3 is 0 Å². The second-order valence-electron chi connectivity index (χ2n) is 2.68. The number of halogens is 3. The first-order valence-electron chi connectivity index (χ1n) is 3.87.